The summed E-state index contributed by atoms with van der Waals surface area (Å²) in [6.45, 7) is 15.5. The molecule has 0 heterocycles. The van der Waals surface area contributed by atoms with Crippen LogP contribution in [-0.2, 0) is 9.53 Å². The predicted molar refractivity (Wildman–Crippen MR) is 207 cm³/mol. The molecule has 0 radical (unpaired) electrons. The summed E-state index contributed by atoms with van der Waals surface area (Å²) >= 11 is 0. The molecule has 10 atom stereocenters. The van der Waals surface area contributed by atoms with Gasteiger partial charge in [-0.3, -0.25) is 4.79 Å². The van der Waals surface area contributed by atoms with Crippen molar-refractivity contribution >= 4 is 5.97 Å². The zero-order valence-electron chi connectivity index (χ0n) is 32.7. The topological polar surface area (TPSA) is 26.3 Å². The van der Waals surface area contributed by atoms with Crippen molar-refractivity contribution in [2.24, 2.45) is 58.2 Å². The minimum Gasteiger partial charge on any atom is -0.465 e. The molecule has 4 saturated carbocycles. The summed E-state index contributed by atoms with van der Waals surface area (Å²) in [4.78, 5) is 12.5. The standard InChI is InChI=1S/C46H78O2/c1-7-8-9-10-11-12-13-14-15-16-17-18-19-20-21-25-44(47)48-35-38(4)36(2)26-27-37(3)41-30-31-42-40-29-28-39-24-22-23-33-45(39,5)43(40)32-34-46(41,42)6/h8-9,11-12,14-15,36-43H,7,10,13,16-35H2,1-6H3/b9-8-,12-11-,15-14-/t36-,37+,38?,39?,40-,41+,42-,43-,45-,46+/m0/s1. The van der Waals surface area contributed by atoms with Crippen LogP contribution in [0.1, 0.15) is 183 Å². The van der Waals surface area contributed by atoms with Crippen LogP contribution in [0.3, 0.4) is 0 Å². The lowest BCUT2D eigenvalue weighted by molar-refractivity contribution is -0.145. The normalized spacial score (nSPS) is 33.8. The maximum Gasteiger partial charge on any atom is 0.305 e. The Labute approximate surface area is 298 Å². The van der Waals surface area contributed by atoms with E-state index in [4.69, 9.17) is 4.74 Å². The van der Waals surface area contributed by atoms with Crippen molar-refractivity contribution < 1.29 is 9.53 Å². The fraction of sp³-hybridized carbons (Fsp3) is 0.848. The molecule has 0 saturated heterocycles. The number of esters is 1. The first-order chi connectivity index (χ1) is 23.2. The Balaban J connectivity index is 1.05. The molecule has 4 rings (SSSR count). The van der Waals surface area contributed by atoms with Gasteiger partial charge in [0.25, 0.3) is 0 Å². The first kappa shape index (κ1) is 39.5. The fourth-order valence-corrected chi connectivity index (χ4v) is 11.6. The highest BCUT2D eigenvalue weighted by Crippen LogP contribution is 2.68. The van der Waals surface area contributed by atoms with Crippen molar-refractivity contribution in [2.75, 3.05) is 6.61 Å². The molecule has 48 heavy (non-hydrogen) atoms. The molecule has 0 aromatic carbocycles. The summed E-state index contributed by atoms with van der Waals surface area (Å²) in [5, 5.41) is 0. The molecule has 4 aliphatic carbocycles. The van der Waals surface area contributed by atoms with Gasteiger partial charge in [-0.2, -0.15) is 0 Å². The van der Waals surface area contributed by atoms with Gasteiger partial charge in [0.1, 0.15) is 0 Å². The number of hydrogen-bond donors (Lipinski definition) is 0. The van der Waals surface area contributed by atoms with Gasteiger partial charge in [-0.15, -0.1) is 0 Å². The van der Waals surface area contributed by atoms with Crippen LogP contribution in [0.4, 0.5) is 0 Å². The Morgan fingerprint density at radius 3 is 2.21 bits per heavy atom. The molecule has 0 bridgehead atoms. The van der Waals surface area contributed by atoms with Crippen LogP contribution in [0.15, 0.2) is 36.5 Å². The molecule has 2 heteroatoms. The van der Waals surface area contributed by atoms with E-state index in [-0.39, 0.29) is 5.97 Å². The van der Waals surface area contributed by atoms with Gasteiger partial charge in [0.2, 0.25) is 0 Å². The summed E-state index contributed by atoms with van der Waals surface area (Å²) in [6.07, 6.45) is 42.0. The van der Waals surface area contributed by atoms with Crippen molar-refractivity contribution in [3.63, 3.8) is 0 Å². The van der Waals surface area contributed by atoms with E-state index in [1.54, 1.807) is 0 Å². The Hall–Kier alpha value is -1.31. The van der Waals surface area contributed by atoms with Crippen molar-refractivity contribution in [3.05, 3.63) is 36.5 Å². The molecular weight excluding hydrogens is 585 g/mol. The van der Waals surface area contributed by atoms with Crippen LogP contribution in [0.25, 0.3) is 0 Å². The van der Waals surface area contributed by atoms with E-state index in [0.717, 1.165) is 67.6 Å². The molecule has 2 unspecified atom stereocenters. The largest absolute Gasteiger partial charge is 0.465 e. The molecule has 0 aromatic rings. The number of allylic oxidation sites excluding steroid dienone is 6. The van der Waals surface area contributed by atoms with Gasteiger partial charge in [0, 0.05) is 6.42 Å². The molecule has 274 valence electrons. The van der Waals surface area contributed by atoms with Crippen LogP contribution in [0.5, 0.6) is 0 Å². The average Bonchev–Trinajstić information content (AvgIpc) is 3.44. The van der Waals surface area contributed by atoms with E-state index in [2.05, 4.69) is 78.0 Å². The van der Waals surface area contributed by atoms with Gasteiger partial charge in [-0.25, -0.2) is 0 Å². The average molecular weight is 663 g/mol. The van der Waals surface area contributed by atoms with E-state index in [1.807, 2.05) is 0 Å². The first-order valence-corrected chi connectivity index (χ1v) is 21.3. The maximum atomic E-state index is 12.5. The van der Waals surface area contributed by atoms with Gasteiger partial charge in [-0.05, 0) is 148 Å². The van der Waals surface area contributed by atoms with Gasteiger partial charge in [0.05, 0.1) is 6.61 Å². The monoisotopic (exact) mass is 663 g/mol. The summed E-state index contributed by atoms with van der Waals surface area (Å²) < 4.78 is 5.78. The third kappa shape index (κ3) is 10.6. The number of rotatable bonds is 20. The molecule has 0 N–H and O–H groups in total. The van der Waals surface area contributed by atoms with Gasteiger partial charge in [-0.1, -0.05) is 123 Å². The van der Waals surface area contributed by atoms with E-state index in [0.29, 0.717) is 35.7 Å². The van der Waals surface area contributed by atoms with Gasteiger partial charge < -0.3 is 4.74 Å². The smallest absolute Gasteiger partial charge is 0.305 e. The number of fused-ring (bicyclic) bond motifs is 5. The van der Waals surface area contributed by atoms with E-state index >= 15 is 0 Å². The molecule has 0 spiro atoms. The summed E-state index contributed by atoms with van der Waals surface area (Å²) in [7, 11) is 0. The lowest BCUT2D eigenvalue weighted by Crippen LogP contribution is -2.53. The van der Waals surface area contributed by atoms with Crippen LogP contribution >= 0.6 is 0 Å². The quantitative estimate of drug-likeness (QED) is 0.0736. The zero-order valence-corrected chi connectivity index (χ0v) is 32.7. The highest BCUT2D eigenvalue weighted by atomic mass is 16.5. The van der Waals surface area contributed by atoms with Crippen LogP contribution in [-0.4, -0.2) is 12.6 Å². The third-order valence-corrected chi connectivity index (χ3v) is 14.9. The van der Waals surface area contributed by atoms with Crippen molar-refractivity contribution in [1.82, 2.24) is 0 Å². The second-order valence-corrected chi connectivity index (χ2v) is 17.9. The molecule has 0 amide bonds. The van der Waals surface area contributed by atoms with Crippen LogP contribution < -0.4 is 0 Å². The SMILES string of the molecule is CC/C=C\C/C=C\C/C=C\CCCCCCCC(=O)OCC(C)[C@@H](C)CC[C@@H](C)[C@H]1CC[C@H]2[C@@H]3CCC4CCCC[C@]4(C)[C@H]3CC[C@]12C. The summed E-state index contributed by atoms with van der Waals surface area (Å²) in [6, 6.07) is 0. The summed E-state index contributed by atoms with van der Waals surface area (Å²) in [5.74, 6) is 6.82. The second-order valence-electron chi connectivity index (χ2n) is 17.9. The zero-order chi connectivity index (χ0) is 34.4. The van der Waals surface area contributed by atoms with E-state index < -0.39 is 0 Å². The van der Waals surface area contributed by atoms with Crippen molar-refractivity contribution in [3.8, 4) is 0 Å². The molecule has 0 aromatic heterocycles. The Bertz CT molecular complexity index is 1020. The third-order valence-electron chi connectivity index (χ3n) is 14.9. The Morgan fingerprint density at radius 2 is 1.42 bits per heavy atom. The number of unbranched alkanes of at least 4 members (excludes halogenated alkanes) is 5. The minimum absolute atomic E-state index is 0.0141. The predicted octanol–water partition coefficient (Wildman–Crippen LogP) is 13.9. The van der Waals surface area contributed by atoms with Crippen LogP contribution in [0, 0.1) is 58.2 Å². The minimum atomic E-state index is 0.0141. The molecule has 4 aliphatic rings. The number of ether oxygens (including phenoxy) is 1. The Morgan fingerprint density at radius 1 is 0.708 bits per heavy atom. The van der Waals surface area contributed by atoms with E-state index in [1.165, 1.54) is 103 Å². The first-order valence-electron chi connectivity index (χ1n) is 21.3. The number of hydrogen-bond acceptors (Lipinski definition) is 2. The second kappa shape index (κ2) is 19.9. The van der Waals surface area contributed by atoms with E-state index in [9.17, 15) is 4.79 Å². The number of carbonyl (C=O) groups excluding carboxylic acids is 1. The fourth-order valence-electron chi connectivity index (χ4n) is 11.6. The molecular formula is C46H78O2. The highest BCUT2D eigenvalue weighted by molar-refractivity contribution is 5.69. The van der Waals surface area contributed by atoms with Gasteiger partial charge in [0.15, 0.2) is 0 Å². The van der Waals surface area contributed by atoms with Crippen molar-refractivity contribution in [1.29, 1.82) is 0 Å². The maximum absolute atomic E-state index is 12.5. The lowest BCUT2D eigenvalue weighted by Gasteiger charge is -2.61. The highest BCUT2D eigenvalue weighted by Gasteiger charge is 2.60. The number of carbonyl (C=O) groups is 1. The summed E-state index contributed by atoms with van der Waals surface area (Å²) in [5.41, 5.74) is 1.23. The molecule has 0 aliphatic heterocycles. The molecule has 4 fully saturated rings. The van der Waals surface area contributed by atoms with Crippen molar-refractivity contribution in [2.45, 2.75) is 183 Å². The molecule has 2 nitrogen and oxygen atoms in total. The van der Waals surface area contributed by atoms with Gasteiger partial charge >= 0.3 is 5.97 Å². The Kier molecular flexibility index (Phi) is 16.4. The van der Waals surface area contributed by atoms with Crippen LogP contribution in [0.2, 0.25) is 0 Å². The lowest BCUT2D eigenvalue weighted by atomic mass is 9.44.